The number of hydrogen-bond donors (Lipinski definition) is 0. The molecule has 0 amide bonds. The third kappa shape index (κ3) is 7.13. The summed E-state index contributed by atoms with van der Waals surface area (Å²) in [5, 5.41) is 2.15. The van der Waals surface area contributed by atoms with Gasteiger partial charge in [0.1, 0.15) is 11.5 Å². The Kier molecular flexibility index (Phi) is 8.69. The first-order valence-corrected chi connectivity index (χ1v) is 18.6. The van der Waals surface area contributed by atoms with Gasteiger partial charge in [0.05, 0.1) is 0 Å². The number of fused-ring (bicyclic) bond motifs is 4. The van der Waals surface area contributed by atoms with Gasteiger partial charge in [-0.05, 0) is 67.9 Å². The summed E-state index contributed by atoms with van der Waals surface area (Å²) in [4.78, 5) is 4.81. The van der Waals surface area contributed by atoms with Crippen molar-refractivity contribution in [2.45, 2.75) is 85.4 Å². The summed E-state index contributed by atoms with van der Waals surface area (Å²) < 4.78 is 38.0. The average Bonchev–Trinajstić information content (AvgIpc) is 3.70. The van der Waals surface area contributed by atoms with Crippen molar-refractivity contribution in [2.24, 2.45) is 0 Å². The Labute approximate surface area is 344 Å². The molecule has 6 heteroatoms. The van der Waals surface area contributed by atoms with Gasteiger partial charge in [-0.3, -0.25) is 0 Å². The van der Waals surface area contributed by atoms with Gasteiger partial charge < -0.3 is 9.30 Å². The molecule has 0 spiro atoms. The van der Waals surface area contributed by atoms with E-state index in [0.717, 1.165) is 44.4 Å². The Morgan fingerprint density at radius 1 is 0.673 bits per heavy atom. The summed E-state index contributed by atoms with van der Waals surface area (Å²) in [6, 6.07) is 44.8. The number of aryl methyl sites for hydroxylation is 1. The van der Waals surface area contributed by atoms with E-state index in [2.05, 4.69) is 134 Å². The van der Waals surface area contributed by atoms with Crippen LogP contribution in [-0.2, 0) is 37.3 Å². The number of benzene rings is 5. The predicted molar refractivity (Wildman–Crippen MR) is 224 cm³/mol. The summed E-state index contributed by atoms with van der Waals surface area (Å²) in [6.07, 6.45) is 1.87. The molecule has 0 saturated heterocycles. The van der Waals surface area contributed by atoms with E-state index < -0.39 is 6.85 Å². The zero-order valence-corrected chi connectivity index (χ0v) is 35.2. The van der Waals surface area contributed by atoms with Gasteiger partial charge in [-0.2, -0.15) is 12.1 Å². The van der Waals surface area contributed by atoms with Gasteiger partial charge in [-0.25, -0.2) is 4.98 Å². The Morgan fingerprint density at radius 2 is 1.36 bits per heavy atom. The number of nitrogens with zero attached hydrogens (tertiary/aromatic N) is 4. The molecular formula is C49H48N4OPt+2. The average molecular weight is 907 g/mol. The fourth-order valence-corrected chi connectivity index (χ4v) is 7.05. The second-order valence-corrected chi connectivity index (χ2v) is 17.3. The third-order valence-electron chi connectivity index (χ3n) is 10.2. The maximum atomic E-state index is 8.53. The first-order valence-electron chi connectivity index (χ1n) is 20.1. The molecule has 1 aliphatic rings. The molecule has 0 atom stereocenters. The van der Waals surface area contributed by atoms with Crippen LogP contribution in [0.2, 0.25) is 0 Å². The van der Waals surface area contributed by atoms with E-state index in [9.17, 15) is 0 Å². The van der Waals surface area contributed by atoms with Crippen molar-refractivity contribution in [1.82, 2.24) is 18.7 Å². The number of aromatic nitrogens is 2. The monoisotopic (exact) mass is 906 g/mol. The summed E-state index contributed by atoms with van der Waals surface area (Å²) in [7, 11) is 0. The molecule has 278 valence electrons. The number of ether oxygens (including phenoxy) is 1. The molecule has 5 nitrogen and oxygen atoms in total. The minimum Gasteiger partial charge on any atom is -0.509 e. The molecule has 0 bridgehead atoms. The van der Waals surface area contributed by atoms with Crippen molar-refractivity contribution in [3.05, 3.63) is 144 Å². The molecule has 55 heavy (non-hydrogen) atoms. The van der Waals surface area contributed by atoms with E-state index in [0.29, 0.717) is 28.6 Å². The van der Waals surface area contributed by atoms with Crippen molar-refractivity contribution in [2.75, 3.05) is 0 Å². The maximum absolute atomic E-state index is 8.53. The molecule has 7 aromatic rings. The zero-order chi connectivity index (χ0) is 40.7. The van der Waals surface area contributed by atoms with Gasteiger partial charge >= 0.3 is 32.8 Å². The van der Waals surface area contributed by atoms with Crippen LogP contribution < -0.4 is 13.9 Å². The predicted octanol–water partition coefficient (Wildman–Crippen LogP) is 12.6. The normalized spacial score (nSPS) is 14.1. The second kappa shape index (κ2) is 13.9. The molecule has 5 aromatic carbocycles. The molecule has 0 radical (unpaired) electrons. The van der Waals surface area contributed by atoms with Crippen molar-refractivity contribution < 1.29 is 29.9 Å². The van der Waals surface area contributed by atoms with Gasteiger partial charge in [0.25, 0.3) is 5.69 Å². The maximum Gasteiger partial charge on any atom is 2.00 e. The van der Waals surface area contributed by atoms with Crippen molar-refractivity contribution in [3.63, 3.8) is 0 Å². The van der Waals surface area contributed by atoms with Gasteiger partial charge in [-0.1, -0.05) is 121 Å². The number of pyridine rings is 1. The molecule has 1 aliphatic heterocycles. The van der Waals surface area contributed by atoms with E-state index in [1.165, 1.54) is 5.56 Å². The largest absolute Gasteiger partial charge is 2.00 e. The molecule has 0 fully saturated rings. The fraction of sp³-hybridized carbons (Fsp3) is 0.265. The van der Waals surface area contributed by atoms with E-state index in [-0.39, 0.29) is 42.9 Å². The quantitative estimate of drug-likeness (QED) is 0.127. The number of hydrogen-bond acceptors (Lipinski definition) is 2. The van der Waals surface area contributed by atoms with Gasteiger partial charge in [0.2, 0.25) is 5.69 Å². The van der Waals surface area contributed by atoms with Gasteiger partial charge in [0, 0.05) is 51.1 Å². The molecule has 3 heterocycles. The molecule has 0 saturated carbocycles. The molecule has 0 unspecified atom stereocenters. The van der Waals surface area contributed by atoms with Crippen LogP contribution in [0.1, 0.15) is 88.7 Å². The van der Waals surface area contributed by atoms with E-state index in [1.54, 1.807) is 12.1 Å². The Balaban J connectivity index is 0.00000512. The Morgan fingerprint density at radius 3 is 2.07 bits per heavy atom. The topological polar surface area (TPSA) is 33.1 Å². The Hall–Kier alpha value is -5.08. The van der Waals surface area contributed by atoms with Gasteiger partial charge in [0.15, 0.2) is 0 Å². The fourth-order valence-electron chi connectivity index (χ4n) is 7.05. The van der Waals surface area contributed by atoms with Crippen LogP contribution in [0, 0.1) is 19.0 Å². The van der Waals surface area contributed by atoms with Crippen LogP contribution >= 0.6 is 0 Å². The van der Waals surface area contributed by atoms with Crippen LogP contribution in [0.5, 0.6) is 11.5 Å². The summed E-state index contributed by atoms with van der Waals surface area (Å²) in [6.45, 7) is 17.4. The minimum atomic E-state index is -2.36. The molecular weight excluding hydrogens is 856 g/mol. The Bertz CT molecular complexity index is 2780. The summed E-state index contributed by atoms with van der Waals surface area (Å²) in [5.74, 6) is 1.83. The van der Waals surface area contributed by atoms with Crippen LogP contribution in [0.4, 0.5) is 22.7 Å². The SMILES string of the molecule is [2H]C([2H])([2H])c1cccc2c1[N+](c1cc(C(C)(C)C)cc(C(C)(C)C)c1)=C=[N+]2c1[c-]c(Oc2[c-]c3c(cc2)c2ccccc2n3-c2cc(C(C)(C)C)ccn2)ccc1.[Pt+2]. The van der Waals surface area contributed by atoms with Crippen molar-refractivity contribution >= 4 is 50.6 Å². The number of para-hydroxylation sites is 2. The second-order valence-electron chi connectivity index (χ2n) is 17.3. The van der Waals surface area contributed by atoms with E-state index in [4.69, 9.17) is 13.8 Å². The van der Waals surface area contributed by atoms with E-state index >= 15 is 0 Å². The molecule has 8 rings (SSSR count). The van der Waals surface area contributed by atoms with Gasteiger partial charge in [-0.15, -0.1) is 23.6 Å². The first-order chi connectivity index (χ1) is 26.8. The first kappa shape index (κ1) is 34.4. The standard InChI is InChI=1S/C49H48N4O.Pt/c1-32-15-13-20-43-46(32)52(37-26-34(48(5,6)7)25-35(27-37)49(8,9)10)31-51(43)36-16-14-17-38(29-36)54-39-21-22-41-40-18-11-12-19-42(40)53(44(41)30-39)45-28-33(23-24-50-45)47(2,3)4;/h11-28H,1-10H3;/q;+2/i1D3;. The molecule has 2 aromatic heterocycles. The van der Waals surface area contributed by atoms with Crippen LogP contribution in [0.25, 0.3) is 27.6 Å². The third-order valence-corrected chi connectivity index (χ3v) is 10.2. The molecule has 0 aliphatic carbocycles. The summed E-state index contributed by atoms with van der Waals surface area (Å²) >= 11 is 0. The van der Waals surface area contributed by atoms with Crippen LogP contribution in [-0.4, -0.2) is 15.6 Å². The zero-order valence-electron chi connectivity index (χ0n) is 35.9. The van der Waals surface area contributed by atoms with Crippen molar-refractivity contribution in [3.8, 4) is 17.3 Å². The number of rotatable bonds is 5. The van der Waals surface area contributed by atoms with Crippen molar-refractivity contribution in [1.29, 1.82) is 0 Å². The minimum absolute atomic E-state index is 0. The van der Waals surface area contributed by atoms with Crippen LogP contribution in [0.15, 0.2) is 109 Å². The van der Waals surface area contributed by atoms with Crippen LogP contribution in [0.3, 0.4) is 0 Å². The molecule has 0 N–H and O–H groups in total. The van der Waals surface area contributed by atoms with E-state index in [1.807, 2.05) is 57.8 Å². The summed E-state index contributed by atoms with van der Waals surface area (Å²) in [5.41, 5.74) is 8.10. The smallest absolute Gasteiger partial charge is 0.509 e.